The molecule has 22 heavy (non-hydrogen) atoms. The van der Waals surface area contributed by atoms with Gasteiger partial charge < -0.3 is 14.2 Å². The molecule has 1 saturated heterocycles. The number of rotatable bonds is 6. The third-order valence-electron chi connectivity index (χ3n) is 4.37. The maximum absolute atomic E-state index is 12.3. The van der Waals surface area contributed by atoms with Crippen LogP contribution in [-0.2, 0) is 20.2 Å². The van der Waals surface area contributed by atoms with E-state index in [-0.39, 0.29) is 5.91 Å². The molecule has 0 aromatic heterocycles. The fourth-order valence-corrected chi connectivity index (χ4v) is 5.71. The second-order valence-corrected chi connectivity index (χ2v) is 9.94. The fourth-order valence-electron chi connectivity index (χ4n) is 2.90. The van der Waals surface area contributed by atoms with E-state index in [1.807, 2.05) is 37.3 Å². The van der Waals surface area contributed by atoms with E-state index in [4.69, 9.17) is 8.85 Å². The van der Waals surface area contributed by atoms with E-state index in [9.17, 15) is 4.79 Å². The van der Waals surface area contributed by atoms with Gasteiger partial charge in [-0.2, -0.15) is 0 Å². The second kappa shape index (κ2) is 7.40. The fraction of sp³-hybridized carbons (Fsp3) is 0.588. The molecule has 1 aliphatic heterocycles. The molecule has 1 atom stereocenters. The number of carbonyl (C=O) groups excluding carboxylic acids is 1. The highest BCUT2D eigenvalue weighted by Crippen LogP contribution is 2.34. The maximum Gasteiger partial charge on any atom is 0.338 e. The van der Waals surface area contributed by atoms with Crippen molar-refractivity contribution in [2.45, 2.75) is 57.8 Å². The van der Waals surface area contributed by atoms with Gasteiger partial charge in [0.1, 0.15) is 0 Å². The molecule has 0 radical (unpaired) electrons. The zero-order chi connectivity index (χ0) is 16.1. The van der Waals surface area contributed by atoms with Crippen molar-refractivity contribution in [1.29, 1.82) is 0 Å². The van der Waals surface area contributed by atoms with Crippen LogP contribution in [0.5, 0.6) is 0 Å². The van der Waals surface area contributed by atoms with Crippen LogP contribution in [0.4, 0.5) is 0 Å². The molecule has 1 fully saturated rings. The molecule has 1 N–H and O–H groups in total. The standard InChI is InChI=1S/C17H27NO3Si/c1-4-22(5-2)20-12-11-17(3,21-22)13-16(19)18-14-15-9-7-6-8-10-15/h6-10H,4-5,11-14H2,1-3H3,(H,18,19). The lowest BCUT2D eigenvalue weighted by Gasteiger charge is -2.44. The molecule has 0 aliphatic carbocycles. The van der Waals surface area contributed by atoms with Crippen molar-refractivity contribution in [2.24, 2.45) is 0 Å². The summed E-state index contributed by atoms with van der Waals surface area (Å²) in [5.74, 6) is 0.0448. The Kier molecular flexibility index (Phi) is 5.78. The van der Waals surface area contributed by atoms with Gasteiger partial charge in [0, 0.05) is 13.2 Å². The molecule has 4 nitrogen and oxygen atoms in total. The monoisotopic (exact) mass is 321 g/mol. The lowest BCUT2D eigenvalue weighted by Crippen LogP contribution is -2.55. The van der Waals surface area contributed by atoms with Crippen LogP contribution in [0.1, 0.15) is 39.2 Å². The first-order valence-corrected chi connectivity index (χ1v) is 10.4. The Morgan fingerprint density at radius 2 is 1.95 bits per heavy atom. The summed E-state index contributed by atoms with van der Waals surface area (Å²) in [4.78, 5) is 12.3. The Balaban J connectivity index is 1.89. The van der Waals surface area contributed by atoms with Crippen molar-refractivity contribution < 1.29 is 13.6 Å². The van der Waals surface area contributed by atoms with Gasteiger partial charge in [-0.3, -0.25) is 4.79 Å². The summed E-state index contributed by atoms with van der Waals surface area (Å²) >= 11 is 0. The number of nitrogens with one attached hydrogen (secondary N) is 1. The maximum atomic E-state index is 12.3. The summed E-state index contributed by atoms with van der Waals surface area (Å²) in [6, 6.07) is 11.8. The Hall–Kier alpha value is -1.17. The second-order valence-electron chi connectivity index (χ2n) is 6.21. The van der Waals surface area contributed by atoms with E-state index in [2.05, 4.69) is 19.2 Å². The molecule has 0 bridgehead atoms. The first-order chi connectivity index (χ1) is 10.5. The largest absolute Gasteiger partial charge is 0.394 e. The van der Waals surface area contributed by atoms with E-state index >= 15 is 0 Å². The van der Waals surface area contributed by atoms with Crippen LogP contribution in [0.25, 0.3) is 0 Å². The van der Waals surface area contributed by atoms with Crippen LogP contribution >= 0.6 is 0 Å². The highest BCUT2D eigenvalue weighted by Gasteiger charge is 2.45. The normalized spacial score (nSPS) is 24.0. The van der Waals surface area contributed by atoms with Crippen LogP contribution in [-0.4, -0.2) is 26.7 Å². The molecular weight excluding hydrogens is 294 g/mol. The highest BCUT2D eigenvalue weighted by molar-refractivity contribution is 6.67. The zero-order valence-electron chi connectivity index (χ0n) is 13.9. The minimum atomic E-state index is -2.10. The average Bonchev–Trinajstić information content (AvgIpc) is 2.53. The topological polar surface area (TPSA) is 47.6 Å². The molecule has 1 aromatic carbocycles. The van der Waals surface area contributed by atoms with Crippen LogP contribution in [0.2, 0.25) is 12.1 Å². The molecular formula is C17H27NO3Si. The van der Waals surface area contributed by atoms with Gasteiger partial charge in [-0.25, -0.2) is 0 Å². The van der Waals surface area contributed by atoms with Crippen molar-refractivity contribution in [1.82, 2.24) is 5.32 Å². The molecule has 0 spiro atoms. The molecule has 1 aliphatic rings. The summed E-state index contributed by atoms with van der Waals surface area (Å²) < 4.78 is 12.3. The predicted molar refractivity (Wildman–Crippen MR) is 89.7 cm³/mol. The van der Waals surface area contributed by atoms with Gasteiger partial charge in [-0.1, -0.05) is 44.2 Å². The molecule has 0 saturated carbocycles. The Morgan fingerprint density at radius 3 is 2.59 bits per heavy atom. The molecule has 1 aromatic rings. The lowest BCUT2D eigenvalue weighted by atomic mass is 9.98. The number of carbonyl (C=O) groups is 1. The van der Waals surface area contributed by atoms with Gasteiger partial charge >= 0.3 is 8.56 Å². The van der Waals surface area contributed by atoms with Gasteiger partial charge in [-0.05, 0) is 31.0 Å². The quantitative estimate of drug-likeness (QED) is 0.817. The van der Waals surface area contributed by atoms with Crippen molar-refractivity contribution in [2.75, 3.05) is 6.61 Å². The molecule has 1 amide bonds. The van der Waals surface area contributed by atoms with E-state index in [0.717, 1.165) is 24.1 Å². The minimum Gasteiger partial charge on any atom is -0.394 e. The van der Waals surface area contributed by atoms with Crippen molar-refractivity contribution in [3.05, 3.63) is 35.9 Å². The van der Waals surface area contributed by atoms with Gasteiger partial charge in [0.05, 0.1) is 12.0 Å². The van der Waals surface area contributed by atoms with Crippen LogP contribution < -0.4 is 5.32 Å². The van der Waals surface area contributed by atoms with E-state index in [1.165, 1.54) is 0 Å². The number of hydrogen-bond acceptors (Lipinski definition) is 3. The Labute approximate surface area is 134 Å². The number of benzene rings is 1. The molecule has 122 valence electrons. The van der Waals surface area contributed by atoms with Crippen LogP contribution in [0.3, 0.4) is 0 Å². The van der Waals surface area contributed by atoms with Gasteiger partial charge in [0.2, 0.25) is 5.91 Å². The van der Waals surface area contributed by atoms with E-state index in [1.54, 1.807) is 0 Å². The first-order valence-electron chi connectivity index (χ1n) is 8.15. The van der Waals surface area contributed by atoms with Crippen LogP contribution in [0, 0.1) is 0 Å². The summed E-state index contributed by atoms with van der Waals surface area (Å²) in [5, 5.41) is 2.99. The zero-order valence-corrected chi connectivity index (χ0v) is 14.9. The number of hydrogen-bond donors (Lipinski definition) is 1. The Bertz CT molecular complexity index is 490. The van der Waals surface area contributed by atoms with Crippen molar-refractivity contribution >= 4 is 14.5 Å². The lowest BCUT2D eigenvalue weighted by molar-refractivity contribution is -0.127. The molecule has 5 heteroatoms. The van der Waals surface area contributed by atoms with E-state index in [0.29, 0.717) is 19.6 Å². The average molecular weight is 321 g/mol. The summed E-state index contributed by atoms with van der Waals surface area (Å²) in [6.07, 6.45) is 1.18. The third-order valence-corrected chi connectivity index (χ3v) is 8.12. The molecule has 1 heterocycles. The summed E-state index contributed by atoms with van der Waals surface area (Å²) in [7, 11) is -2.10. The predicted octanol–water partition coefficient (Wildman–Crippen LogP) is 3.37. The van der Waals surface area contributed by atoms with E-state index < -0.39 is 14.2 Å². The molecule has 2 rings (SSSR count). The number of amides is 1. The Morgan fingerprint density at radius 1 is 1.27 bits per heavy atom. The molecule has 1 unspecified atom stereocenters. The van der Waals surface area contributed by atoms with Gasteiger partial charge in [-0.15, -0.1) is 0 Å². The summed E-state index contributed by atoms with van der Waals surface area (Å²) in [5.41, 5.74) is 0.719. The van der Waals surface area contributed by atoms with Crippen LogP contribution in [0.15, 0.2) is 30.3 Å². The van der Waals surface area contributed by atoms with Gasteiger partial charge in [0.15, 0.2) is 0 Å². The SMILES string of the molecule is CC[Si]1(CC)OCCC(C)(CC(=O)NCc2ccccc2)O1. The van der Waals surface area contributed by atoms with Crippen molar-refractivity contribution in [3.63, 3.8) is 0 Å². The van der Waals surface area contributed by atoms with Gasteiger partial charge in [0.25, 0.3) is 0 Å². The van der Waals surface area contributed by atoms with Crippen molar-refractivity contribution in [3.8, 4) is 0 Å². The summed E-state index contributed by atoms with van der Waals surface area (Å²) in [6.45, 7) is 7.56. The minimum absolute atomic E-state index is 0.0448. The highest BCUT2D eigenvalue weighted by atomic mass is 28.4. The first kappa shape index (κ1) is 17.2. The smallest absolute Gasteiger partial charge is 0.338 e. The third kappa shape index (κ3) is 4.41.